The molecule has 1 aromatic carbocycles. The van der Waals surface area contributed by atoms with E-state index in [1.165, 1.54) is 11.1 Å². The number of nitrogens with two attached hydrogens (primary N) is 1. The molecule has 0 saturated carbocycles. The predicted octanol–water partition coefficient (Wildman–Crippen LogP) is 3.05. The zero-order valence-corrected chi connectivity index (χ0v) is 22.1. The first kappa shape index (κ1) is 26.8. The Morgan fingerprint density at radius 1 is 1.21 bits per heavy atom. The molecule has 4 amide bonds. The summed E-state index contributed by atoms with van der Waals surface area (Å²) in [5.41, 5.74) is 8.14. The van der Waals surface area contributed by atoms with Gasteiger partial charge in [-0.15, -0.1) is 0 Å². The minimum atomic E-state index is -1.08. The minimum absolute atomic E-state index is 0.198. The van der Waals surface area contributed by atoms with Crippen molar-refractivity contribution in [3.63, 3.8) is 0 Å². The van der Waals surface area contributed by atoms with Crippen LogP contribution in [0.1, 0.15) is 41.6 Å². The molecule has 3 N–H and O–H groups in total. The number of urea groups is 1. The third-order valence-corrected chi connectivity index (χ3v) is 7.18. The van der Waals surface area contributed by atoms with Crippen LogP contribution in [0.4, 0.5) is 21.0 Å². The molecule has 1 fully saturated rings. The van der Waals surface area contributed by atoms with Gasteiger partial charge in [0.05, 0.1) is 12.0 Å². The lowest BCUT2D eigenvalue weighted by Gasteiger charge is -2.45. The van der Waals surface area contributed by atoms with Crippen molar-refractivity contribution in [2.45, 2.75) is 45.7 Å². The van der Waals surface area contributed by atoms with Gasteiger partial charge in [-0.25, -0.2) is 19.2 Å². The number of hydrogen-bond donors (Lipinski definition) is 2. The number of hydrogen-bond acceptors (Lipinski definition) is 6. The summed E-state index contributed by atoms with van der Waals surface area (Å²) in [5, 5.41) is 2.77. The van der Waals surface area contributed by atoms with Crippen molar-refractivity contribution in [1.82, 2.24) is 24.8 Å². The fourth-order valence-electron chi connectivity index (χ4n) is 4.80. The summed E-state index contributed by atoms with van der Waals surface area (Å²) in [6.45, 7) is 5.30. The molecule has 0 radical (unpaired) electrons. The monoisotopic (exact) mass is 521 g/mol. The SMILES string of the molecule is CCC(NC(=O)N1C(=O)[C@H](Cc2ccnc(N)c2)[C@H]1C(=O)N(C)c1nccn1C)c1ccc(C)c(C)c1F. The zero-order valence-electron chi connectivity index (χ0n) is 22.1. The molecule has 10 nitrogen and oxygen atoms in total. The van der Waals surface area contributed by atoms with Crippen LogP contribution in [0.3, 0.4) is 0 Å². The lowest BCUT2D eigenvalue weighted by Crippen LogP contribution is -2.70. The van der Waals surface area contributed by atoms with Gasteiger partial charge in [0.1, 0.15) is 17.7 Å². The highest BCUT2D eigenvalue weighted by Gasteiger charge is 2.55. The van der Waals surface area contributed by atoms with Gasteiger partial charge < -0.3 is 15.6 Å². The van der Waals surface area contributed by atoms with Gasteiger partial charge in [0, 0.05) is 38.2 Å². The van der Waals surface area contributed by atoms with Crippen LogP contribution in [-0.2, 0) is 23.1 Å². The van der Waals surface area contributed by atoms with Crippen LogP contribution in [0.2, 0.25) is 0 Å². The summed E-state index contributed by atoms with van der Waals surface area (Å²) in [6.07, 6.45) is 5.36. The molecule has 3 aromatic rings. The smallest absolute Gasteiger partial charge is 0.325 e. The molecule has 1 unspecified atom stereocenters. The van der Waals surface area contributed by atoms with Crippen LogP contribution < -0.4 is 16.0 Å². The average Bonchev–Trinajstić information content (AvgIpc) is 3.32. The predicted molar refractivity (Wildman–Crippen MR) is 141 cm³/mol. The first-order valence-electron chi connectivity index (χ1n) is 12.4. The van der Waals surface area contributed by atoms with E-state index in [9.17, 15) is 14.4 Å². The molecule has 4 rings (SSSR count). The number of likely N-dealkylation sites (N-methyl/N-ethyl adjacent to an activating group) is 1. The number of nitrogen functional groups attached to an aromatic ring is 1. The Hall–Kier alpha value is -4.28. The summed E-state index contributed by atoms with van der Waals surface area (Å²) < 4.78 is 16.7. The number of carbonyl (C=O) groups excluding carboxylic acids is 3. The molecule has 3 atom stereocenters. The Kier molecular flexibility index (Phi) is 7.47. The van der Waals surface area contributed by atoms with Gasteiger partial charge in [0.25, 0.3) is 5.91 Å². The molecule has 38 heavy (non-hydrogen) atoms. The molecule has 1 aliphatic heterocycles. The highest BCUT2D eigenvalue weighted by molar-refractivity contribution is 6.12. The van der Waals surface area contributed by atoms with E-state index < -0.39 is 41.7 Å². The van der Waals surface area contributed by atoms with Crippen molar-refractivity contribution < 1.29 is 18.8 Å². The number of aromatic nitrogens is 3. The number of anilines is 2. The van der Waals surface area contributed by atoms with Gasteiger partial charge >= 0.3 is 6.03 Å². The fourth-order valence-corrected chi connectivity index (χ4v) is 4.80. The highest BCUT2D eigenvalue weighted by atomic mass is 19.1. The zero-order chi connectivity index (χ0) is 27.7. The fraction of sp³-hybridized carbons (Fsp3) is 0.370. The van der Waals surface area contributed by atoms with E-state index in [2.05, 4.69) is 15.3 Å². The summed E-state index contributed by atoms with van der Waals surface area (Å²) in [7, 11) is 3.29. The average molecular weight is 522 g/mol. The van der Waals surface area contributed by atoms with Gasteiger partial charge in [0.2, 0.25) is 11.9 Å². The molecule has 0 aliphatic carbocycles. The molecule has 200 valence electrons. The summed E-state index contributed by atoms with van der Waals surface area (Å²) in [4.78, 5) is 50.8. The summed E-state index contributed by atoms with van der Waals surface area (Å²) in [5.74, 6) is -1.51. The number of likely N-dealkylation sites (tertiary alicyclic amines) is 1. The Bertz CT molecular complexity index is 1390. The Morgan fingerprint density at radius 3 is 2.58 bits per heavy atom. The standard InChI is InChI=1S/C27H32FN7O3/c1-6-20(18-8-7-15(2)16(3)22(18)28)32-27(38)35-23(25(37)34(5)26-31-11-12-33(26)4)19(24(35)36)13-17-9-10-30-21(29)14-17/h7-12,14,19-20,23H,6,13H2,1-5H3,(H2,29,30)(H,32,38)/t19-,20?,23+/m1/s1. The molecule has 0 spiro atoms. The number of benzene rings is 1. The number of imidazole rings is 1. The van der Waals surface area contributed by atoms with Gasteiger partial charge in [-0.2, -0.15) is 0 Å². The van der Waals surface area contributed by atoms with Crippen LogP contribution >= 0.6 is 0 Å². The van der Waals surface area contributed by atoms with E-state index in [1.54, 1.807) is 62.2 Å². The quantitative estimate of drug-likeness (QED) is 0.460. The van der Waals surface area contributed by atoms with Crippen molar-refractivity contribution in [2.24, 2.45) is 13.0 Å². The Balaban J connectivity index is 1.63. The van der Waals surface area contributed by atoms with Gasteiger partial charge in [-0.05, 0) is 55.5 Å². The van der Waals surface area contributed by atoms with Crippen molar-refractivity contribution in [3.05, 3.63) is 70.9 Å². The molecule has 1 saturated heterocycles. The summed E-state index contributed by atoms with van der Waals surface area (Å²) in [6, 6.07) is 4.26. The van der Waals surface area contributed by atoms with Crippen molar-refractivity contribution >= 4 is 29.6 Å². The third kappa shape index (κ3) is 4.83. The topological polar surface area (TPSA) is 126 Å². The second-order valence-corrected chi connectivity index (χ2v) is 9.61. The molecular weight excluding hydrogens is 489 g/mol. The van der Waals surface area contributed by atoms with E-state index in [-0.39, 0.29) is 12.2 Å². The van der Waals surface area contributed by atoms with E-state index >= 15 is 4.39 Å². The number of amides is 4. The van der Waals surface area contributed by atoms with Gasteiger partial charge in [-0.3, -0.25) is 19.4 Å². The number of halogens is 1. The maximum atomic E-state index is 15.0. The molecule has 11 heteroatoms. The number of nitrogens with one attached hydrogen (secondary N) is 1. The number of carbonyl (C=O) groups is 3. The molecule has 2 aromatic heterocycles. The minimum Gasteiger partial charge on any atom is -0.384 e. The van der Waals surface area contributed by atoms with Crippen molar-refractivity contribution in [2.75, 3.05) is 17.7 Å². The lowest BCUT2D eigenvalue weighted by molar-refractivity contribution is -0.156. The maximum absolute atomic E-state index is 15.0. The van der Waals surface area contributed by atoms with E-state index in [0.717, 1.165) is 16.0 Å². The Labute approximate surface area is 220 Å². The number of aryl methyl sites for hydroxylation is 2. The number of rotatable bonds is 7. The number of nitrogens with zero attached hydrogens (tertiary/aromatic N) is 5. The van der Waals surface area contributed by atoms with Gasteiger partial charge in [0.15, 0.2) is 0 Å². The van der Waals surface area contributed by atoms with Crippen LogP contribution in [-0.4, -0.2) is 50.4 Å². The van der Waals surface area contributed by atoms with Crippen LogP contribution in [0.5, 0.6) is 0 Å². The third-order valence-electron chi connectivity index (χ3n) is 7.18. The van der Waals surface area contributed by atoms with Crippen molar-refractivity contribution in [1.29, 1.82) is 0 Å². The van der Waals surface area contributed by atoms with E-state index in [1.807, 2.05) is 13.8 Å². The second kappa shape index (κ2) is 10.6. The second-order valence-electron chi connectivity index (χ2n) is 9.61. The van der Waals surface area contributed by atoms with Crippen LogP contribution in [0.15, 0.2) is 42.9 Å². The highest BCUT2D eigenvalue weighted by Crippen LogP contribution is 2.33. The van der Waals surface area contributed by atoms with E-state index in [4.69, 9.17) is 5.73 Å². The normalized spacial score (nSPS) is 17.6. The Morgan fingerprint density at radius 2 is 1.95 bits per heavy atom. The molecule has 0 bridgehead atoms. The van der Waals surface area contributed by atoms with Crippen LogP contribution in [0.25, 0.3) is 0 Å². The van der Waals surface area contributed by atoms with Gasteiger partial charge in [-0.1, -0.05) is 19.1 Å². The maximum Gasteiger partial charge on any atom is 0.325 e. The largest absolute Gasteiger partial charge is 0.384 e. The number of imide groups is 1. The van der Waals surface area contributed by atoms with Crippen LogP contribution in [0, 0.1) is 25.6 Å². The lowest BCUT2D eigenvalue weighted by atomic mass is 9.81. The number of pyridine rings is 1. The first-order chi connectivity index (χ1) is 18.0. The number of β-lactam (4-membered cyclic amide) rings is 1. The van der Waals surface area contributed by atoms with E-state index in [0.29, 0.717) is 23.5 Å². The molecular formula is C27H32FN7O3. The first-order valence-corrected chi connectivity index (χ1v) is 12.4. The molecule has 1 aliphatic rings. The summed E-state index contributed by atoms with van der Waals surface area (Å²) >= 11 is 0. The molecule has 3 heterocycles. The van der Waals surface area contributed by atoms with Crippen molar-refractivity contribution in [3.8, 4) is 0 Å².